The highest BCUT2D eigenvalue weighted by atomic mass is 35.5. The SMILES string of the molecule is [C-]#[N+]c1cnc2cc(OC)c(O)cc2c1Cl. The second-order valence-electron chi connectivity index (χ2n) is 3.11. The lowest BCUT2D eigenvalue weighted by molar-refractivity contribution is 0.374. The normalized spacial score (nSPS) is 10.1. The maximum Gasteiger partial charge on any atom is 0.223 e. The van der Waals surface area contributed by atoms with Gasteiger partial charge in [0.15, 0.2) is 11.5 Å². The Morgan fingerprint density at radius 3 is 2.88 bits per heavy atom. The molecule has 1 N–H and O–H groups in total. The van der Waals surface area contributed by atoms with E-state index in [0.29, 0.717) is 16.7 Å². The van der Waals surface area contributed by atoms with Gasteiger partial charge in [0.25, 0.3) is 0 Å². The molecule has 0 saturated carbocycles. The molecule has 0 fully saturated rings. The number of aromatic hydroxyl groups is 1. The fourth-order valence-electron chi connectivity index (χ4n) is 1.41. The van der Waals surface area contributed by atoms with E-state index in [-0.39, 0.29) is 16.5 Å². The summed E-state index contributed by atoms with van der Waals surface area (Å²) in [6.07, 6.45) is 1.40. The molecule has 80 valence electrons. The molecule has 5 heteroatoms. The minimum Gasteiger partial charge on any atom is -0.504 e. The molecule has 0 bridgehead atoms. The van der Waals surface area contributed by atoms with Gasteiger partial charge in [0.2, 0.25) is 5.69 Å². The number of pyridine rings is 1. The smallest absolute Gasteiger partial charge is 0.223 e. The van der Waals surface area contributed by atoms with Gasteiger partial charge in [-0.15, -0.1) is 0 Å². The molecular weight excluding hydrogens is 228 g/mol. The van der Waals surface area contributed by atoms with Crippen LogP contribution in [0, 0.1) is 6.57 Å². The molecule has 0 amide bonds. The van der Waals surface area contributed by atoms with Crippen molar-refractivity contribution in [3.8, 4) is 11.5 Å². The van der Waals surface area contributed by atoms with Crippen LogP contribution in [0.5, 0.6) is 11.5 Å². The van der Waals surface area contributed by atoms with Crippen LogP contribution in [-0.2, 0) is 0 Å². The van der Waals surface area contributed by atoms with Crippen LogP contribution in [0.4, 0.5) is 5.69 Å². The Labute approximate surface area is 96.9 Å². The van der Waals surface area contributed by atoms with Crippen molar-refractivity contribution in [2.75, 3.05) is 7.11 Å². The molecule has 0 spiro atoms. The first kappa shape index (κ1) is 10.5. The van der Waals surface area contributed by atoms with Gasteiger partial charge in [0.1, 0.15) is 0 Å². The zero-order chi connectivity index (χ0) is 11.7. The summed E-state index contributed by atoms with van der Waals surface area (Å²) < 4.78 is 4.96. The van der Waals surface area contributed by atoms with Gasteiger partial charge in [0, 0.05) is 17.6 Å². The quantitative estimate of drug-likeness (QED) is 0.771. The monoisotopic (exact) mass is 234 g/mol. The van der Waals surface area contributed by atoms with E-state index in [1.165, 1.54) is 19.4 Å². The third-order valence-electron chi connectivity index (χ3n) is 2.20. The maximum atomic E-state index is 9.61. The van der Waals surface area contributed by atoms with E-state index in [1.54, 1.807) is 6.07 Å². The van der Waals surface area contributed by atoms with Gasteiger partial charge in [-0.3, -0.25) is 4.98 Å². The summed E-state index contributed by atoms with van der Waals surface area (Å²) in [4.78, 5) is 7.31. The topological polar surface area (TPSA) is 46.7 Å². The zero-order valence-corrected chi connectivity index (χ0v) is 9.12. The van der Waals surface area contributed by atoms with Crippen molar-refractivity contribution in [3.05, 3.63) is 34.8 Å². The summed E-state index contributed by atoms with van der Waals surface area (Å²) >= 11 is 6.00. The molecule has 0 unspecified atom stereocenters. The Morgan fingerprint density at radius 2 is 2.25 bits per heavy atom. The van der Waals surface area contributed by atoms with Crippen LogP contribution in [-0.4, -0.2) is 17.2 Å². The number of ether oxygens (including phenoxy) is 1. The number of phenolic OH excluding ortho intramolecular Hbond substituents is 1. The summed E-state index contributed by atoms with van der Waals surface area (Å²) in [5.41, 5.74) is 0.839. The molecule has 1 heterocycles. The Morgan fingerprint density at radius 1 is 1.50 bits per heavy atom. The van der Waals surface area contributed by atoms with Crippen LogP contribution in [0.25, 0.3) is 15.7 Å². The number of halogens is 1. The summed E-state index contributed by atoms with van der Waals surface area (Å²) in [6, 6.07) is 3.02. The number of hydrogen-bond donors (Lipinski definition) is 1. The minimum atomic E-state index is -0.0270. The molecule has 4 nitrogen and oxygen atoms in total. The largest absolute Gasteiger partial charge is 0.504 e. The highest BCUT2D eigenvalue weighted by Gasteiger charge is 2.10. The Bertz CT molecular complexity index is 605. The summed E-state index contributed by atoms with van der Waals surface area (Å²) in [5, 5.41) is 10.4. The molecule has 0 radical (unpaired) electrons. The third-order valence-corrected chi connectivity index (χ3v) is 2.60. The Hall–Kier alpha value is -1.99. The van der Waals surface area contributed by atoms with Gasteiger partial charge in [-0.1, -0.05) is 11.6 Å². The number of rotatable bonds is 1. The molecule has 0 atom stereocenters. The molecule has 16 heavy (non-hydrogen) atoms. The molecule has 0 saturated heterocycles. The average molecular weight is 235 g/mol. The first-order chi connectivity index (χ1) is 7.67. The second kappa shape index (κ2) is 3.87. The molecule has 1 aromatic heterocycles. The molecule has 0 aliphatic heterocycles. The van der Waals surface area contributed by atoms with Crippen molar-refractivity contribution in [1.82, 2.24) is 4.98 Å². The van der Waals surface area contributed by atoms with Crippen molar-refractivity contribution in [1.29, 1.82) is 0 Å². The number of aromatic nitrogens is 1. The lowest BCUT2D eigenvalue weighted by Gasteiger charge is -2.06. The van der Waals surface area contributed by atoms with Gasteiger partial charge in [-0.2, -0.15) is 0 Å². The van der Waals surface area contributed by atoms with E-state index in [9.17, 15) is 5.11 Å². The highest BCUT2D eigenvalue weighted by Crippen LogP contribution is 2.37. The van der Waals surface area contributed by atoms with E-state index < -0.39 is 0 Å². The molecule has 0 aliphatic rings. The number of nitrogens with zero attached hydrogens (tertiary/aromatic N) is 2. The first-order valence-corrected chi connectivity index (χ1v) is 4.78. The highest BCUT2D eigenvalue weighted by molar-refractivity contribution is 6.38. The Balaban J connectivity index is 2.82. The molecule has 2 aromatic rings. The lowest BCUT2D eigenvalue weighted by atomic mass is 10.2. The number of methoxy groups -OCH3 is 1. The summed E-state index contributed by atoms with van der Waals surface area (Å²) in [7, 11) is 1.45. The average Bonchev–Trinajstić information content (AvgIpc) is 2.30. The van der Waals surface area contributed by atoms with Crippen molar-refractivity contribution in [3.63, 3.8) is 0 Å². The van der Waals surface area contributed by atoms with Crippen molar-refractivity contribution >= 4 is 28.2 Å². The third kappa shape index (κ3) is 1.51. The van der Waals surface area contributed by atoms with Crippen molar-refractivity contribution in [2.24, 2.45) is 0 Å². The van der Waals surface area contributed by atoms with Crippen molar-refractivity contribution in [2.45, 2.75) is 0 Å². The lowest BCUT2D eigenvalue weighted by Crippen LogP contribution is -1.86. The van der Waals surface area contributed by atoms with Gasteiger partial charge in [-0.25, -0.2) is 4.85 Å². The predicted octanol–water partition coefficient (Wildman–Crippen LogP) is 3.15. The van der Waals surface area contributed by atoms with E-state index in [0.717, 1.165) is 0 Å². The molecule has 0 aliphatic carbocycles. The van der Waals surface area contributed by atoms with Crippen LogP contribution < -0.4 is 4.74 Å². The van der Waals surface area contributed by atoms with E-state index in [2.05, 4.69) is 9.83 Å². The first-order valence-electron chi connectivity index (χ1n) is 4.40. The number of benzene rings is 1. The molecular formula is C11H7ClN2O2. The van der Waals surface area contributed by atoms with E-state index >= 15 is 0 Å². The Kier molecular flexibility index (Phi) is 2.55. The van der Waals surface area contributed by atoms with E-state index in [1.807, 2.05) is 0 Å². The minimum absolute atomic E-state index is 0.0270. The van der Waals surface area contributed by atoms with Crippen LogP contribution in [0.1, 0.15) is 0 Å². The molecule has 1 aromatic carbocycles. The fourth-order valence-corrected chi connectivity index (χ4v) is 1.65. The fraction of sp³-hybridized carbons (Fsp3) is 0.0909. The number of hydrogen-bond acceptors (Lipinski definition) is 3. The second-order valence-corrected chi connectivity index (χ2v) is 3.49. The van der Waals surface area contributed by atoms with Crippen LogP contribution in [0.15, 0.2) is 18.3 Å². The maximum absolute atomic E-state index is 9.61. The van der Waals surface area contributed by atoms with Gasteiger partial charge >= 0.3 is 0 Å². The van der Waals surface area contributed by atoms with Gasteiger partial charge < -0.3 is 9.84 Å². The zero-order valence-electron chi connectivity index (χ0n) is 8.36. The van der Waals surface area contributed by atoms with Crippen LogP contribution in [0.3, 0.4) is 0 Å². The van der Waals surface area contributed by atoms with Gasteiger partial charge in [-0.05, 0) is 6.07 Å². The summed E-state index contributed by atoms with van der Waals surface area (Å²) in [5.74, 6) is 0.299. The number of fused-ring (bicyclic) bond motifs is 1. The van der Waals surface area contributed by atoms with Gasteiger partial charge in [0.05, 0.1) is 24.2 Å². The standard InChI is InChI=1S/C11H7ClN2O2/c1-13-8-5-14-7-4-10(16-2)9(15)3-6(7)11(8)12/h3-5,15H,2H3. The van der Waals surface area contributed by atoms with Crippen LogP contribution in [0.2, 0.25) is 5.02 Å². The summed E-state index contributed by atoms with van der Waals surface area (Å²) in [6.45, 7) is 6.91. The predicted molar refractivity (Wildman–Crippen MR) is 61.2 cm³/mol. The molecule has 2 rings (SSSR count). The van der Waals surface area contributed by atoms with Crippen molar-refractivity contribution < 1.29 is 9.84 Å². The number of phenols is 1. The van der Waals surface area contributed by atoms with E-state index in [4.69, 9.17) is 22.9 Å². The van der Waals surface area contributed by atoms with Crippen LogP contribution >= 0.6 is 11.6 Å².